The van der Waals surface area contributed by atoms with Crippen molar-refractivity contribution >= 4 is 23.0 Å². The Hall–Kier alpha value is -2.96. The van der Waals surface area contributed by atoms with E-state index in [1.54, 1.807) is 19.1 Å². The fourth-order valence-corrected chi connectivity index (χ4v) is 1.84. The summed E-state index contributed by atoms with van der Waals surface area (Å²) >= 11 is 0. The van der Waals surface area contributed by atoms with Gasteiger partial charge in [0.05, 0.1) is 10.6 Å². The van der Waals surface area contributed by atoms with Gasteiger partial charge in [0.25, 0.3) is 11.6 Å². The van der Waals surface area contributed by atoms with Crippen LogP contribution in [0.15, 0.2) is 30.5 Å². The lowest BCUT2D eigenvalue weighted by Crippen LogP contribution is -2.16. The molecule has 0 saturated carbocycles. The molecule has 3 N–H and O–H groups in total. The van der Waals surface area contributed by atoms with Crippen molar-refractivity contribution in [2.75, 3.05) is 11.1 Å². The van der Waals surface area contributed by atoms with E-state index in [0.29, 0.717) is 0 Å². The summed E-state index contributed by atoms with van der Waals surface area (Å²) in [6, 6.07) is 6.12. The second-order valence-electron chi connectivity index (χ2n) is 4.61. The Labute approximate surface area is 121 Å². The highest BCUT2D eigenvalue weighted by Crippen LogP contribution is 2.28. The van der Waals surface area contributed by atoms with Crippen LogP contribution in [0.25, 0.3) is 0 Å². The standard InChI is InChI=1S/C14H14N4O3/c1-8-6-11(12(18(20)21)7-9(8)2)17-14(19)13-10(15)4-3-5-16-13/h3-7H,15H2,1-2H3,(H,17,19). The molecule has 7 heteroatoms. The SMILES string of the molecule is Cc1cc(NC(=O)c2ncccc2N)c([N+](=O)[O-])cc1C. The van der Waals surface area contributed by atoms with Crippen molar-refractivity contribution in [2.24, 2.45) is 0 Å². The van der Waals surface area contributed by atoms with Crippen molar-refractivity contribution in [1.29, 1.82) is 0 Å². The average molecular weight is 286 g/mol. The Morgan fingerprint density at radius 1 is 1.33 bits per heavy atom. The summed E-state index contributed by atoms with van der Waals surface area (Å²) in [4.78, 5) is 26.6. The van der Waals surface area contributed by atoms with Gasteiger partial charge < -0.3 is 11.1 Å². The van der Waals surface area contributed by atoms with Gasteiger partial charge in [-0.1, -0.05) is 0 Å². The minimum atomic E-state index is -0.584. The third-order valence-electron chi connectivity index (χ3n) is 3.11. The summed E-state index contributed by atoms with van der Waals surface area (Å²) in [6.07, 6.45) is 1.43. The number of rotatable bonds is 3. The van der Waals surface area contributed by atoms with Gasteiger partial charge in [0.2, 0.25) is 0 Å². The molecular weight excluding hydrogens is 272 g/mol. The first-order valence-corrected chi connectivity index (χ1v) is 6.17. The number of benzene rings is 1. The summed E-state index contributed by atoms with van der Waals surface area (Å²) in [5, 5.41) is 13.6. The topological polar surface area (TPSA) is 111 Å². The fraction of sp³-hybridized carbons (Fsp3) is 0.143. The number of amides is 1. The van der Waals surface area contributed by atoms with E-state index in [2.05, 4.69) is 10.3 Å². The maximum Gasteiger partial charge on any atom is 0.293 e. The number of nitro groups is 1. The molecule has 21 heavy (non-hydrogen) atoms. The van der Waals surface area contributed by atoms with Crippen molar-refractivity contribution in [3.63, 3.8) is 0 Å². The molecule has 2 aromatic rings. The molecule has 1 heterocycles. The molecule has 2 rings (SSSR count). The third-order valence-corrected chi connectivity index (χ3v) is 3.11. The second kappa shape index (κ2) is 5.58. The van der Waals surface area contributed by atoms with Gasteiger partial charge >= 0.3 is 0 Å². The molecule has 0 spiro atoms. The van der Waals surface area contributed by atoms with Crippen LogP contribution in [0.3, 0.4) is 0 Å². The Kier molecular flexibility index (Phi) is 3.84. The van der Waals surface area contributed by atoms with Crippen molar-refractivity contribution < 1.29 is 9.72 Å². The minimum absolute atomic E-state index is 0.0324. The van der Waals surface area contributed by atoms with Crippen molar-refractivity contribution in [3.05, 3.63) is 57.4 Å². The van der Waals surface area contributed by atoms with Gasteiger partial charge in [0.1, 0.15) is 5.69 Å². The summed E-state index contributed by atoms with van der Waals surface area (Å²) in [5.41, 5.74) is 7.48. The van der Waals surface area contributed by atoms with E-state index in [4.69, 9.17) is 5.73 Å². The number of aryl methyl sites for hydroxylation is 2. The lowest BCUT2D eigenvalue weighted by molar-refractivity contribution is -0.384. The predicted octanol–water partition coefficient (Wildman–Crippen LogP) is 2.44. The van der Waals surface area contributed by atoms with Crippen molar-refractivity contribution in [2.45, 2.75) is 13.8 Å². The number of nitrogen functional groups attached to an aromatic ring is 1. The highest BCUT2D eigenvalue weighted by atomic mass is 16.6. The number of nitrogens with two attached hydrogens (primary N) is 1. The van der Waals surface area contributed by atoms with E-state index in [9.17, 15) is 14.9 Å². The summed E-state index contributed by atoms with van der Waals surface area (Å²) in [5.74, 6) is -0.584. The molecule has 1 amide bonds. The minimum Gasteiger partial charge on any atom is -0.397 e. The largest absolute Gasteiger partial charge is 0.397 e. The molecule has 0 aliphatic carbocycles. The van der Waals surface area contributed by atoms with E-state index in [1.807, 2.05) is 6.92 Å². The molecule has 0 saturated heterocycles. The lowest BCUT2D eigenvalue weighted by Gasteiger charge is -2.09. The number of aromatic nitrogens is 1. The number of anilines is 2. The molecule has 0 unspecified atom stereocenters. The second-order valence-corrected chi connectivity index (χ2v) is 4.61. The number of carbonyl (C=O) groups is 1. The number of pyridine rings is 1. The molecule has 0 aliphatic rings. The first-order chi connectivity index (χ1) is 9.90. The molecule has 108 valence electrons. The van der Waals surface area contributed by atoms with Gasteiger partial charge in [-0.15, -0.1) is 0 Å². The van der Waals surface area contributed by atoms with Crippen LogP contribution in [0.4, 0.5) is 17.1 Å². The van der Waals surface area contributed by atoms with Crippen LogP contribution >= 0.6 is 0 Å². The maximum atomic E-state index is 12.1. The van der Waals surface area contributed by atoms with E-state index < -0.39 is 10.8 Å². The Bertz CT molecular complexity index is 728. The highest BCUT2D eigenvalue weighted by molar-refractivity contribution is 6.07. The van der Waals surface area contributed by atoms with Crippen molar-refractivity contribution in [1.82, 2.24) is 4.98 Å². The van der Waals surface area contributed by atoms with Crippen LogP contribution in [-0.2, 0) is 0 Å². The quantitative estimate of drug-likeness (QED) is 0.665. The molecule has 1 aromatic carbocycles. The predicted molar refractivity (Wildman–Crippen MR) is 79.2 cm³/mol. The zero-order valence-corrected chi connectivity index (χ0v) is 11.6. The molecule has 0 aliphatic heterocycles. The van der Waals surface area contributed by atoms with Gasteiger partial charge in [-0.25, -0.2) is 4.98 Å². The fourth-order valence-electron chi connectivity index (χ4n) is 1.84. The van der Waals surface area contributed by atoms with Gasteiger partial charge in [-0.3, -0.25) is 14.9 Å². The van der Waals surface area contributed by atoms with E-state index in [0.717, 1.165) is 11.1 Å². The number of nitrogens with one attached hydrogen (secondary N) is 1. The normalized spacial score (nSPS) is 10.2. The number of hydrogen-bond acceptors (Lipinski definition) is 5. The highest BCUT2D eigenvalue weighted by Gasteiger charge is 2.19. The molecule has 0 atom stereocenters. The van der Waals surface area contributed by atoms with Crippen LogP contribution in [0, 0.1) is 24.0 Å². The van der Waals surface area contributed by atoms with Crippen LogP contribution in [-0.4, -0.2) is 15.8 Å². The first-order valence-electron chi connectivity index (χ1n) is 6.17. The average Bonchev–Trinajstić information content (AvgIpc) is 2.42. The Morgan fingerprint density at radius 3 is 2.62 bits per heavy atom. The zero-order valence-electron chi connectivity index (χ0n) is 11.6. The summed E-state index contributed by atoms with van der Waals surface area (Å²) in [6.45, 7) is 3.58. The van der Waals surface area contributed by atoms with Crippen LogP contribution in [0.2, 0.25) is 0 Å². The lowest BCUT2D eigenvalue weighted by atomic mass is 10.1. The number of nitrogens with zero attached hydrogens (tertiary/aromatic N) is 2. The van der Waals surface area contributed by atoms with E-state index in [1.165, 1.54) is 18.3 Å². The van der Waals surface area contributed by atoms with Gasteiger partial charge in [0.15, 0.2) is 5.69 Å². The van der Waals surface area contributed by atoms with Crippen LogP contribution in [0.5, 0.6) is 0 Å². The number of hydrogen-bond donors (Lipinski definition) is 2. The molecular formula is C14H14N4O3. The zero-order chi connectivity index (χ0) is 15.6. The van der Waals surface area contributed by atoms with Gasteiger partial charge in [0, 0.05) is 12.3 Å². The summed E-state index contributed by atoms with van der Waals surface area (Å²) < 4.78 is 0. The Morgan fingerprint density at radius 2 is 2.00 bits per heavy atom. The smallest absolute Gasteiger partial charge is 0.293 e. The maximum absolute atomic E-state index is 12.1. The van der Waals surface area contributed by atoms with Gasteiger partial charge in [-0.2, -0.15) is 0 Å². The number of nitro benzene ring substituents is 1. The van der Waals surface area contributed by atoms with Gasteiger partial charge in [-0.05, 0) is 43.2 Å². The molecule has 0 fully saturated rings. The van der Waals surface area contributed by atoms with Crippen LogP contribution in [0.1, 0.15) is 21.6 Å². The molecule has 0 bridgehead atoms. The van der Waals surface area contributed by atoms with Crippen LogP contribution < -0.4 is 11.1 Å². The van der Waals surface area contributed by atoms with E-state index >= 15 is 0 Å². The third kappa shape index (κ3) is 2.97. The molecule has 1 aromatic heterocycles. The monoisotopic (exact) mass is 286 g/mol. The first kappa shape index (κ1) is 14.4. The summed E-state index contributed by atoms with van der Waals surface area (Å²) in [7, 11) is 0. The molecule has 0 radical (unpaired) electrons. The Balaban J connectivity index is 2.40. The molecule has 7 nitrogen and oxygen atoms in total. The van der Waals surface area contributed by atoms with Crippen molar-refractivity contribution in [3.8, 4) is 0 Å². The number of carbonyl (C=O) groups excluding carboxylic acids is 1. The van der Waals surface area contributed by atoms with E-state index in [-0.39, 0.29) is 22.8 Å².